The van der Waals surface area contributed by atoms with Crippen molar-refractivity contribution in [3.8, 4) is 0 Å². The molecule has 0 aliphatic carbocycles. The van der Waals surface area contributed by atoms with E-state index in [2.05, 4.69) is 10.9 Å². The Labute approximate surface area is 74.9 Å². The van der Waals surface area contributed by atoms with Crippen molar-refractivity contribution in [2.24, 2.45) is 5.92 Å². The summed E-state index contributed by atoms with van der Waals surface area (Å²) in [5, 5.41) is 8.21. The van der Waals surface area contributed by atoms with Gasteiger partial charge in [0.05, 0.1) is 12.5 Å². The summed E-state index contributed by atoms with van der Waals surface area (Å²) in [4.78, 5) is 21.5. The highest BCUT2D eigenvalue weighted by Gasteiger charge is 2.11. The molecule has 12 heavy (non-hydrogen) atoms. The van der Waals surface area contributed by atoms with Crippen molar-refractivity contribution in [2.45, 2.75) is 6.92 Å². The topological polar surface area (TPSA) is 78.4 Å². The van der Waals surface area contributed by atoms with Gasteiger partial charge < -0.3 is 5.11 Å². The third kappa shape index (κ3) is 4.20. The third-order valence-electron chi connectivity index (χ3n) is 1.19. The average Bonchev–Trinajstić information content (AvgIpc) is 2.11. The molecule has 0 aromatic heterocycles. The molecule has 70 valence electrons. The Morgan fingerprint density at radius 1 is 1.50 bits per heavy atom. The molecule has 0 fully saturated rings. The molecule has 1 atom stereocenters. The molecule has 1 unspecified atom stereocenters. The second-order valence-electron chi connectivity index (χ2n) is 2.19. The van der Waals surface area contributed by atoms with Crippen LogP contribution in [-0.2, 0) is 4.79 Å². The zero-order chi connectivity index (χ0) is 9.56. The minimum absolute atomic E-state index is 0.235. The van der Waals surface area contributed by atoms with Gasteiger partial charge in [-0.2, -0.15) is 0 Å². The smallest absolute Gasteiger partial charge is 0.297 e. The van der Waals surface area contributed by atoms with Crippen LogP contribution in [0.5, 0.6) is 0 Å². The van der Waals surface area contributed by atoms with Gasteiger partial charge in [-0.1, -0.05) is 18.7 Å². The molecule has 6 heteroatoms. The van der Waals surface area contributed by atoms with Crippen LogP contribution >= 0.6 is 11.8 Å². The Balaban J connectivity index is 3.64. The van der Waals surface area contributed by atoms with Crippen LogP contribution in [0.25, 0.3) is 0 Å². The monoisotopic (exact) mass is 192 g/mol. The van der Waals surface area contributed by atoms with Crippen LogP contribution in [0, 0.1) is 5.92 Å². The molecule has 0 aromatic carbocycles. The lowest BCUT2D eigenvalue weighted by atomic mass is 10.2. The lowest BCUT2D eigenvalue weighted by Gasteiger charge is -2.08. The quantitative estimate of drug-likeness (QED) is 0.526. The van der Waals surface area contributed by atoms with Crippen LogP contribution in [-0.4, -0.2) is 29.1 Å². The molecule has 0 radical (unpaired) electrons. The summed E-state index contributed by atoms with van der Waals surface area (Å²) < 4.78 is 0. The number of aliphatic hydroxyl groups excluding tert-OH is 1. The van der Waals surface area contributed by atoms with E-state index in [1.165, 1.54) is 0 Å². The van der Waals surface area contributed by atoms with Gasteiger partial charge in [0.15, 0.2) is 0 Å². The number of amides is 2. The second-order valence-corrected chi connectivity index (χ2v) is 2.97. The van der Waals surface area contributed by atoms with Gasteiger partial charge in [0.1, 0.15) is 0 Å². The summed E-state index contributed by atoms with van der Waals surface area (Å²) in [6.07, 6.45) is 1.59. The van der Waals surface area contributed by atoms with Crippen LogP contribution in [0.3, 0.4) is 0 Å². The van der Waals surface area contributed by atoms with E-state index in [1.54, 1.807) is 13.2 Å². The van der Waals surface area contributed by atoms with E-state index in [0.717, 1.165) is 11.8 Å². The number of carbonyl (C=O) groups is 2. The summed E-state index contributed by atoms with van der Waals surface area (Å²) in [6, 6.07) is 0. The lowest BCUT2D eigenvalue weighted by Crippen LogP contribution is -2.43. The number of aliphatic hydroxyl groups is 1. The first-order valence-electron chi connectivity index (χ1n) is 3.36. The number of hydrogen-bond donors (Lipinski definition) is 3. The Kier molecular flexibility index (Phi) is 5.48. The van der Waals surface area contributed by atoms with Gasteiger partial charge in [-0.15, -0.1) is 0 Å². The molecule has 0 rings (SSSR count). The summed E-state index contributed by atoms with van der Waals surface area (Å²) in [6.45, 7) is 1.32. The molecule has 0 aliphatic rings. The average molecular weight is 192 g/mol. The normalized spacial score (nSPS) is 11.9. The first kappa shape index (κ1) is 11.2. The van der Waals surface area contributed by atoms with E-state index in [0.29, 0.717) is 0 Å². The van der Waals surface area contributed by atoms with Gasteiger partial charge in [-0.25, -0.2) is 0 Å². The highest BCUT2D eigenvalue weighted by Crippen LogP contribution is 1.93. The fraction of sp³-hybridized carbons (Fsp3) is 0.667. The van der Waals surface area contributed by atoms with E-state index >= 15 is 0 Å². The molecule has 0 aromatic rings. The van der Waals surface area contributed by atoms with Crippen molar-refractivity contribution >= 4 is 22.9 Å². The molecule has 0 saturated heterocycles. The Bertz CT molecular complexity index is 174. The zero-order valence-corrected chi connectivity index (χ0v) is 7.77. The van der Waals surface area contributed by atoms with Crippen molar-refractivity contribution in [1.29, 1.82) is 0 Å². The maximum Gasteiger partial charge on any atom is 0.297 e. The van der Waals surface area contributed by atoms with Crippen LogP contribution < -0.4 is 10.9 Å². The van der Waals surface area contributed by atoms with E-state index in [4.69, 9.17) is 5.11 Å². The Morgan fingerprint density at radius 3 is 2.50 bits per heavy atom. The third-order valence-corrected chi connectivity index (χ3v) is 1.67. The standard InChI is InChI=1S/C6H12N2O3S/c1-4(3-9)5(10)7-8-6(11)12-2/h4,9H,3H2,1-2H3,(H,7,10)(H,8,11). The highest BCUT2D eigenvalue weighted by atomic mass is 32.2. The van der Waals surface area contributed by atoms with Crippen molar-refractivity contribution in [3.05, 3.63) is 0 Å². The minimum atomic E-state index is -0.507. The van der Waals surface area contributed by atoms with E-state index in [-0.39, 0.29) is 11.8 Å². The van der Waals surface area contributed by atoms with E-state index in [1.807, 2.05) is 0 Å². The fourth-order valence-electron chi connectivity index (χ4n) is 0.370. The summed E-state index contributed by atoms with van der Waals surface area (Å²) in [5.41, 5.74) is 4.33. The number of hydrazine groups is 1. The van der Waals surface area contributed by atoms with Crippen molar-refractivity contribution in [3.63, 3.8) is 0 Å². The molecule has 3 N–H and O–H groups in total. The first-order chi connectivity index (χ1) is 5.61. The van der Waals surface area contributed by atoms with E-state index < -0.39 is 11.8 Å². The summed E-state index contributed by atoms with van der Waals surface area (Å²) >= 11 is 0.959. The number of rotatable bonds is 2. The second kappa shape index (κ2) is 5.84. The van der Waals surface area contributed by atoms with Crippen molar-refractivity contribution < 1.29 is 14.7 Å². The number of hydrogen-bond acceptors (Lipinski definition) is 4. The molecule has 0 aliphatic heterocycles. The summed E-state index contributed by atoms with van der Waals surface area (Å²) in [5.74, 6) is -0.910. The molecule has 5 nitrogen and oxygen atoms in total. The van der Waals surface area contributed by atoms with Crippen LogP contribution in [0.1, 0.15) is 6.92 Å². The van der Waals surface area contributed by atoms with Crippen molar-refractivity contribution in [2.75, 3.05) is 12.9 Å². The number of nitrogens with one attached hydrogen (secondary N) is 2. The SMILES string of the molecule is CSC(=O)NNC(=O)C(C)CO. The maximum absolute atomic E-state index is 10.9. The predicted molar refractivity (Wildman–Crippen MR) is 46.4 cm³/mol. The molecule has 0 spiro atoms. The highest BCUT2D eigenvalue weighted by molar-refractivity contribution is 8.12. The summed E-state index contributed by atoms with van der Waals surface area (Å²) in [7, 11) is 0. The lowest BCUT2D eigenvalue weighted by molar-refractivity contribution is -0.126. The van der Waals surface area contributed by atoms with E-state index in [9.17, 15) is 9.59 Å². The Hall–Kier alpha value is -0.750. The van der Waals surface area contributed by atoms with Gasteiger partial charge >= 0.3 is 0 Å². The molecule has 2 amide bonds. The van der Waals surface area contributed by atoms with Gasteiger partial charge in [-0.3, -0.25) is 20.4 Å². The van der Waals surface area contributed by atoms with Crippen LogP contribution in [0.2, 0.25) is 0 Å². The molecule has 0 heterocycles. The predicted octanol–water partition coefficient (Wildman–Crippen LogP) is -0.281. The van der Waals surface area contributed by atoms with Crippen molar-refractivity contribution in [1.82, 2.24) is 10.9 Å². The molecule has 0 saturated carbocycles. The minimum Gasteiger partial charge on any atom is -0.396 e. The van der Waals surface area contributed by atoms with Gasteiger partial charge in [0.2, 0.25) is 5.91 Å². The van der Waals surface area contributed by atoms with Gasteiger partial charge in [0.25, 0.3) is 5.24 Å². The van der Waals surface area contributed by atoms with Gasteiger partial charge in [0, 0.05) is 0 Å². The molecule has 0 bridgehead atoms. The molecular weight excluding hydrogens is 180 g/mol. The fourth-order valence-corrected chi connectivity index (χ4v) is 0.523. The Morgan fingerprint density at radius 2 is 2.08 bits per heavy atom. The van der Waals surface area contributed by atoms with Crippen LogP contribution in [0.15, 0.2) is 0 Å². The number of thioether (sulfide) groups is 1. The first-order valence-corrected chi connectivity index (χ1v) is 4.59. The number of carbonyl (C=O) groups excluding carboxylic acids is 2. The maximum atomic E-state index is 10.9. The molecular formula is C6H12N2O3S. The largest absolute Gasteiger partial charge is 0.396 e. The zero-order valence-electron chi connectivity index (χ0n) is 6.96. The van der Waals surface area contributed by atoms with Gasteiger partial charge in [-0.05, 0) is 6.26 Å². The van der Waals surface area contributed by atoms with Crippen LogP contribution in [0.4, 0.5) is 4.79 Å².